The van der Waals surface area contributed by atoms with Crippen molar-refractivity contribution in [1.29, 1.82) is 0 Å². The predicted octanol–water partition coefficient (Wildman–Crippen LogP) is 2.82. The Morgan fingerprint density at radius 3 is 2.93 bits per heavy atom. The van der Waals surface area contributed by atoms with Crippen LogP contribution in [0.4, 0.5) is 0 Å². The monoisotopic (exact) mass is 302 g/mol. The summed E-state index contributed by atoms with van der Waals surface area (Å²) in [5.74, 6) is 1.06. The van der Waals surface area contributed by atoms with Gasteiger partial charge in [-0.15, -0.1) is 0 Å². The SMILES string of the molecule is CCOc1cc(I)c2c(c1)C(=O)CC2. The number of Topliss-reactive ketones (excluding diaryl/α,β-unsaturated/α-hetero) is 1. The quantitative estimate of drug-likeness (QED) is 0.785. The molecule has 0 spiro atoms. The molecule has 2 nitrogen and oxygen atoms in total. The molecule has 0 unspecified atom stereocenters. The summed E-state index contributed by atoms with van der Waals surface area (Å²) in [5.41, 5.74) is 2.06. The molecule has 0 aromatic heterocycles. The van der Waals surface area contributed by atoms with Crippen LogP contribution in [0.2, 0.25) is 0 Å². The van der Waals surface area contributed by atoms with Crippen molar-refractivity contribution in [2.75, 3.05) is 6.61 Å². The highest BCUT2D eigenvalue weighted by Crippen LogP contribution is 2.30. The molecule has 3 heteroatoms. The van der Waals surface area contributed by atoms with Crippen LogP contribution >= 0.6 is 22.6 Å². The van der Waals surface area contributed by atoms with Crippen LogP contribution in [0.1, 0.15) is 29.3 Å². The second kappa shape index (κ2) is 3.88. The van der Waals surface area contributed by atoms with E-state index in [0.717, 1.165) is 21.3 Å². The molecule has 0 amide bonds. The Labute approximate surface area is 96.8 Å². The molecule has 2 rings (SSSR count). The van der Waals surface area contributed by atoms with Gasteiger partial charge < -0.3 is 4.74 Å². The number of carbonyl (C=O) groups excluding carboxylic acids is 1. The van der Waals surface area contributed by atoms with Crippen LogP contribution in [0.15, 0.2) is 12.1 Å². The van der Waals surface area contributed by atoms with E-state index in [-0.39, 0.29) is 5.78 Å². The zero-order valence-electron chi connectivity index (χ0n) is 7.97. The number of rotatable bonds is 2. The van der Waals surface area contributed by atoms with Gasteiger partial charge in [0.05, 0.1) is 6.61 Å². The van der Waals surface area contributed by atoms with Gasteiger partial charge in [-0.25, -0.2) is 0 Å². The van der Waals surface area contributed by atoms with Crippen LogP contribution in [0.5, 0.6) is 5.75 Å². The molecule has 0 fully saturated rings. The zero-order valence-corrected chi connectivity index (χ0v) is 10.1. The lowest BCUT2D eigenvalue weighted by molar-refractivity contribution is 0.0994. The van der Waals surface area contributed by atoms with E-state index in [1.807, 2.05) is 19.1 Å². The standard InChI is InChI=1S/C11H11IO2/c1-2-14-7-5-9-8(10(12)6-7)3-4-11(9)13/h5-6H,2-4H2,1H3. The molecule has 0 bridgehead atoms. The molecular weight excluding hydrogens is 291 g/mol. The summed E-state index contributed by atoms with van der Waals surface area (Å²) in [5, 5.41) is 0. The number of halogens is 1. The van der Waals surface area contributed by atoms with E-state index in [0.29, 0.717) is 13.0 Å². The number of fused-ring (bicyclic) bond motifs is 1. The Bertz CT molecular complexity index is 385. The fourth-order valence-electron chi connectivity index (χ4n) is 1.74. The van der Waals surface area contributed by atoms with Gasteiger partial charge in [-0.05, 0) is 53.6 Å². The minimum atomic E-state index is 0.250. The summed E-state index contributed by atoms with van der Waals surface area (Å²) in [6.45, 7) is 2.59. The molecule has 14 heavy (non-hydrogen) atoms. The van der Waals surface area contributed by atoms with Gasteiger partial charge in [0.25, 0.3) is 0 Å². The largest absolute Gasteiger partial charge is 0.494 e. The number of hydrogen-bond acceptors (Lipinski definition) is 2. The second-order valence-corrected chi connectivity index (χ2v) is 4.45. The summed E-state index contributed by atoms with van der Waals surface area (Å²) < 4.78 is 6.55. The van der Waals surface area contributed by atoms with Gasteiger partial charge in [0, 0.05) is 15.6 Å². The van der Waals surface area contributed by atoms with Gasteiger partial charge in [-0.2, -0.15) is 0 Å². The first-order valence-electron chi connectivity index (χ1n) is 4.70. The lowest BCUT2D eigenvalue weighted by Crippen LogP contribution is -1.97. The topological polar surface area (TPSA) is 26.3 Å². The van der Waals surface area contributed by atoms with E-state index >= 15 is 0 Å². The molecule has 0 atom stereocenters. The van der Waals surface area contributed by atoms with Crippen LogP contribution in [0, 0.1) is 3.57 Å². The highest BCUT2D eigenvalue weighted by molar-refractivity contribution is 14.1. The Morgan fingerprint density at radius 1 is 1.43 bits per heavy atom. The summed E-state index contributed by atoms with van der Waals surface area (Å²) in [6, 6.07) is 3.87. The molecule has 0 saturated carbocycles. The minimum Gasteiger partial charge on any atom is -0.494 e. The molecule has 0 saturated heterocycles. The first-order valence-corrected chi connectivity index (χ1v) is 5.78. The highest BCUT2D eigenvalue weighted by atomic mass is 127. The average Bonchev–Trinajstić information content (AvgIpc) is 2.49. The average molecular weight is 302 g/mol. The Morgan fingerprint density at radius 2 is 2.21 bits per heavy atom. The van der Waals surface area contributed by atoms with E-state index in [1.165, 1.54) is 5.56 Å². The number of ketones is 1. The molecule has 74 valence electrons. The van der Waals surface area contributed by atoms with Crippen LogP contribution < -0.4 is 4.74 Å². The molecular formula is C11H11IO2. The third-order valence-corrected chi connectivity index (χ3v) is 3.34. The fourth-order valence-corrected chi connectivity index (χ4v) is 2.60. The second-order valence-electron chi connectivity index (χ2n) is 3.29. The van der Waals surface area contributed by atoms with Crippen molar-refractivity contribution in [2.45, 2.75) is 19.8 Å². The summed E-state index contributed by atoms with van der Waals surface area (Å²) >= 11 is 2.27. The molecule has 0 N–H and O–H groups in total. The first kappa shape index (κ1) is 9.96. The van der Waals surface area contributed by atoms with E-state index in [1.54, 1.807) is 0 Å². The third-order valence-electron chi connectivity index (χ3n) is 2.38. The predicted molar refractivity (Wildman–Crippen MR) is 63.0 cm³/mol. The summed E-state index contributed by atoms with van der Waals surface area (Å²) in [7, 11) is 0. The van der Waals surface area contributed by atoms with E-state index in [4.69, 9.17) is 4.74 Å². The normalized spacial score (nSPS) is 14.3. The van der Waals surface area contributed by atoms with Crippen LogP contribution in [-0.4, -0.2) is 12.4 Å². The maximum Gasteiger partial charge on any atom is 0.163 e. The van der Waals surface area contributed by atoms with Gasteiger partial charge >= 0.3 is 0 Å². The number of hydrogen-bond donors (Lipinski definition) is 0. The van der Waals surface area contributed by atoms with Crippen molar-refractivity contribution < 1.29 is 9.53 Å². The highest BCUT2D eigenvalue weighted by Gasteiger charge is 2.22. The molecule has 0 heterocycles. The number of carbonyl (C=O) groups is 1. The number of benzene rings is 1. The molecule has 1 aliphatic carbocycles. The van der Waals surface area contributed by atoms with Crippen molar-refractivity contribution in [3.63, 3.8) is 0 Å². The van der Waals surface area contributed by atoms with Gasteiger partial charge in [0.1, 0.15) is 5.75 Å². The van der Waals surface area contributed by atoms with Crippen molar-refractivity contribution in [2.24, 2.45) is 0 Å². The zero-order chi connectivity index (χ0) is 10.1. The first-order chi connectivity index (χ1) is 6.72. The molecule has 1 aromatic carbocycles. The Kier molecular flexibility index (Phi) is 2.76. The van der Waals surface area contributed by atoms with Crippen molar-refractivity contribution in [3.05, 3.63) is 26.8 Å². The van der Waals surface area contributed by atoms with Crippen LogP contribution in [-0.2, 0) is 6.42 Å². The number of ether oxygens (including phenoxy) is 1. The van der Waals surface area contributed by atoms with E-state index < -0.39 is 0 Å². The maximum atomic E-state index is 11.5. The Hall–Kier alpha value is -0.580. The maximum absolute atomic E-state index is 11.5. The fraction of sp³-hybridized carbons (Fsp3) is 0.364. The van der Waals surface area contributed by atoms with Crippen molar-refractivity contribution >= 4 is 28.4 Å². The van der Waals surface area contributed by atoms with Crippen molar-refractivity contribution in [1.82, 2.24) is 0 Å². The van der Waals surface area contributed by atoms with Gasteiger partial charge in [-0.1, -0.05) is 0 Å². The minimum absolute atomic E-state index is 0.250. The summed E-state index contributed by atoms with van der Waals surface area (Å²) in [4.78, 5) is 11.5. The molecule has 0 aliphatic heterocycles. The molecule has 0 radical (unpaired) electrons. The van der Waals surface area contributed by atoms with Crippen LogP contribution in [0.25, 0.3) is 0 Å². The van der Waals surface area contributed by atoms with Gasteiger partial charge in [-0.3, -0.25) is 4.79 Å². The van der Waals surface area contributed by atoms with Crippen molar-refractivity contribution in [3.8, 4) is 5.75 Å². The van der Waals surface area contributed by atoms with E-state index in [2.05, 4.69) is 22.6 Å². The lowest BCUT2D eigenvalue weighted by atomic mass is 10.1. The molecule has 1 aliphatic rings. The van der Waals surface area contributed by atoms with E-state index in [9.17, 15) is 4.79 Å². The van der Waals surface area contributed by atoms with Gasteiger partial charge in [0.15, 0.2) is 5.78 Å². The van der Waals surface area contributed by atoms with Crippen LogP contribution in [0.3, 0.4) is 0 Å². The smallest absolute Gasteiger partial charge is 0.163 e. The van der Waals surface area contributed by atoms with Gasteiger partial charge in [0.2, 0.25) is 0 Å². The Balaban J connectivity index is 2.47. The summed E-state index contributed by atoms with van der Waals surface area (Å²) in [6.07, 6.45) is 1.54. The lowest BCUT2D eigenvalue weighted by Gasteiger charge is -2.07. The molecule has 1 aromatic rings. The third kappa shape index (κ3) is 1.65.